The molecule has 0 saturated carbocycles. The summed E-state index contributed by atoms with van der Waals surface area (Å²) < 4.78 is 5.70. The van der Waals surface area contributed by atoms with Crippen LogP contribution in [0.4, 0.5) is 0 Å². The number of benzene rings is 1. The number of aryl methyl sites for hydroxylation is 2. The van der Waals surface area contributed by atoms with Crippen LogP contribution in [0.3, 0.4) is 0 Å². The van der Waals surface area contributed by atoms with Crippen LogP contribution in [0.1, 0.15) is 27.0 Å². The number of nitriles is 1. The fraction of sp³-hybridized carbons (Fsp3) is 0.133. The number of hydrogen-bond acceptors (Lipinski definition) is 4. The number of carboxylic acids is 1. The van der Waals surface area contributed by atoms with Gasteiger partial charge in [-0.15, -0.1) is 0 Å². The number of nitrogens with zero attached hydrogens (tertiary/aromatic N) is 2. The van der Waals surface area contributed by atoms with Crippen LogP contribution in [-0.4, -0.2) is 16.1 Å². The second kappa shape index (κ2) is 5.41. The summed E-state index contributed by atoms with van der Waals surface area (Å²) in [6.07, 6.45) is 2.71. The second-order valence-electron chi connectivity index (χ2n) is 4.33. The van der Waals surface area contributed by atoms with Gasteiger partial charge >= 0.3 is 5.97 Å². The van der Waals surface area contributed by atoms with Gasteiger partial charge in [0, 0.05) is 18.5 Å². The number of hydrogen-bond donors (Lipinski definition) is 1. The lowest BCUT2D eigenvalue weighted by Crippen LogP contribution is -2.02. The standard InChI is InChI=1S/C15H12N2O3/c1-9-5-11(7-16)6-10(2)14(9)20-13-3-4-17-8-12(13)15(18)19/h3-6,8H,1-2H3,(H,18,19). The molecule has 0 spiro atoms. The maximum absolute atomic E-state index is 11.1. The van der Waals surface area contributed by atoms with Crippen molar-refractivity contribution in [3.05, 3.63) is 52.8 Å². The molecule has 2 rings (SSSR count). The molecule has 0 bridgehead atoms. The molecule has 0 saturated heterocycles. The lowest BCUT2D eigenvalue weighted by Gasteiger charge is -2.13. The molecule has 2 aromatic rings. The highest BCUT2D eigenvalue weighted by molar-refractivity contribution is 5.90. The molecule has 0 radical (unpaired) electrons. The van der Waals surface area contributed by atoms with E-state index < -0.39 is 5.97 Å². The van der Waals surface area contributed by atoms with Crippen LogP contribution < -0.4 is 4.74 Å². The maximum atomic E-state index is 11.1. The van der Waals surface area contributed by atoms with Gasteiger partial charge < -0.3 is 9.84 Å². The van der Waals surface area contributed by atoms with Gasteiger partial charge in [-0.2, -0.15) is 5.26 Å². The SMILES string of the molecule is Cc1cc(C#N)cc(C)c1Oc1ccncc1C(=O)O. The van der Waals surface area contributed by atoms with Crippen LogP contribution >= 0.6 is 0 Å². The lowest BCUT2D eigenvalue weighted by atomic mass is 10.1. The normalized spacial score (nSPS) is 9.85. The molecule has 1 heterocycles. The van der Waals surface area contributed by atoms with Gasteiger partial charge in [0.05, 0.1) is 11.6 Å². The van der Waals surface area contributed by atoms with E-state index in [2.05, 4.69) is 11.1 Å². The minimum Gasteiger partial charge on any atom is -0.477 e. The first-order chi connectivity index (χ1) is 9.52. The van der Waals surface area contributed by atoms with E-state index in [1.165, 1.54) is 18.5 Å². The summed E-state index contributed by atoms with van der Waals surface area (Å²) in [7, 11) is 0. The second-order valence-corrected chi connectivity index (χ2v) is 4.33. The van der Waals surface area contributed by atoms with Crippen molar-refractivity contribution in [2.75, 3.05) is 0 Å². The summed E-state index contributed by atoms with van der Waals surface area (Å²) in [5.74, 6) is -0.321. The number of carbonyl (C=O) groups is 1. The smallest absolute Gasteiger partial charge is 0.341 e. The number of carboxylic acid groups (broad SMARTS) is 1. The Hall–Kier alpha value is -2.87. The van der Waals surface area contributed by atoms with E-state index in [1.54, 1.807) is 12.1 Å². The Kier molecular flexibility index (Phi) is 3.67. The first-order valence-electron chi connectivity index (χ1n) is 5.89. The van der Waals surface area contributed by atoms with E-state index in [9.17, 15) is 4.79 Å². The molecule has 0 unspecified atom stereocenters. The van der Waals surface area contributed by atoms with E-state index in [-0.39, 0.29) is 11.3 Å². The van der Waals surface area contributed by atoms with Gasteiger partial charge in [-0.1, -0.05) is 0 Å². The summed E-state index contributed by atoms with van der Waals surface area (Å²) in [5.41, 5.74) is 2.08. The first kappa shape index (κ1) is 13.6. The summed E-state index contributed by atoms with van der Waals surface area (Å²) in [6, 6.07) is 6.97. The summed E-state index contributed by atoms with van der Waals surface area (Å²) in [4.78, 5) is 14.9. The largest absolute Gasteiger partial charge is 0.477 e. The highest BCUT2D eigenvalue weighted by atomic mass is 16.5. The molecule has 0 aliphatic carbocycles. The van der Waals surface area contributed by atoms with Gasteiger partial charge in [0.15, 0.2) is 0 Å². The van der Waals surface area contributed by atoms with Crippen LogP contribution in [-0.2, 0) is 0 Å². The highest BCUT2D eigenvalue weighted by Gasteiger charge is 2.14. The fourth-order valence-corrected chi connectivity index (χ4v) is 1.92. The predicted octanol–water partition coefficient (Wildman–Crippen LogP) is 3.06. The van der Waals surface area contributed by atoms with Gasteiger partial charge in [0.1, 0.15) is 17.1 Å². The Labute approximate surface area is 116 Å². The number of rotatable bonds is 3. The van der Waals surface area contributed by atoms with Crippen molar-refractivity contribution in [3.8, 4) is 17.6 Å². The van der Waals surface area contributed by atoms with Crippen LogP contribution in [0.15, 0.2) is 30.6 Å². The van der Waals surface area contributed by atoms with Crippen molar-refractivity contribution in [2.45, 2.75) is 13.8 Å². The Bertz CT molecular complexity index is 694. The monoisotopic (exact) mass is 268 g/mol. The molecule has 100 valence electrons. The highest BCUT2D eigenvalue weighted by Crippen LogP contribution is 2.31. The zero-order valence-corrected chi connectivity index (χ0v) is 11.0. The Morgan fingerprint density at radius 1 is 1.35 bits per heavy atom. The third kappa shape index (κ3) is 2.59. The average Bonchev–Trinajstić information content (AvgIpc) is 2.42. The summed E-state index contributed by atoms with van der Waals surface area (Å²) >= 11 is 0. The fourth-order valence-electron chi connectivity index (χ4n) is 1.92. The van der Waals surface area contributed by atoms with Crippen molar-refractivity contribution < 1.29 is 14.6 Å². The topological polar surface area (TPSA) is 83.2 Å². The van der Waals surface area contributed by atoms with Gasteiger partial charge in [-0.25, -0.2) is 4.79 Å². The minimum atomic E-state index is -1.10. The molecule has 1 N–H and O–H groups in total. The van der Waals surface area contributed by atoms with Crippen LogP contribution in [0.25, 0.3) is 0 Å². The molecular weight excluding hydrogens is 256 g/mol. The molecular formula is C15H12N2O3. The molecule has 0 aliphatic heterocycles. The van der Waals surface area contributed by atoms with E-state index in [0.29, 0.717) is 11.3 Å². The molecule has 20 heavy (non-hydrogen) atoms. The van der Waals surface area contributed by atoms with E-state index >= 15 is 0 Å². The van der Waals surface area contributed by atoms with E-state index in [1.807, 2.05) is 13.8 Å². The lowest BCUT2D eigenvalue weighted by molar-refractivity contribution is 0.0693. The quantitative estimate of drug-likeness (QED) is 0.924. The molecule has 1 aromatic carbocycles. The minimum absolute atomic E-state index is 0.00402. The van der Waals surface area contributed by atoms with Crippen molar-refractivity contribution in [1.29, 1.82) is 5.26 Å². The van der Waals surface area contributed by atoms with Crippen molar-refractivity contribution in [2.24, 2.45) is 0 Å². The number of ether oxygens (including phenoxy) is 1. The van der Waals surface area contributed by atoms with Gasteiger partial charge in [-0.3, -0.25) is 4.98 Å². The van der Waals surface area contributed by atoms with Crippen molar-refractivity contribution in [1.82, 2.24) is 4.98 Å². The molecule has 0 fully saturated rings. The zero-order chi connectivity index (χ0) is 14.7. The van der Waals surface area contributed by atoms with E-state index in [0.717, 1.165) is 11.1 Å². The van der Waals surface area contributed by atoms with Crippen LogP contribution in [0.5, 0.6) is 11.5 Å². The Morgan fingerprint density at radius 3 is 2.55 bits per heavy atom. The summed E-state index contributed by atoms with van der Waals surface area (Å²) in [6.45, 7) is 3.62. The number of aromatic carboxylic acids is 1. The molecule has 5 heteroatoms. The number of aromatic nitrogens is 1. The zero-order valence-electron chi connectivity index (χ0n) is 11.0. The maximum Gasteiger partial charge on any atom is 0.341 e. The molecule has 0 atom stereocenters. The van der Waals surface area contributed by atoms with Crippen LogP contribution in [0.2, 0.25) is 0 Å². The van der Waals surface area contributed by atoms with Crippen molar-refractivity contribution >= 4 is 5.97 Å². The third-order valence-electron chi connectivity index (χ3n) is 2.81. The Morgan fingerprint density at radius 2 is 2.00 bits per heavy atom. The molecule has 1 aromatic heterocycles. The predicted molar refractivity (Wildman–Crippen MR) is 71.9 cm³/mol. The van der Waals surface area contributed by atoms with Gasteiger partial charge in [0.2, 0.25) is 0 Å². The first-order valence-corrected chi connectivity index (χ1v) is 5.89. The Balaban J connectivity index is 2.46. The van der Waals surface area contributed by atoms with E-state index in [4.69, 9.17) is 15.1 Å². The number of pyridine rings is 1. The van der Waals surface area contributed by atoms with Crippen LogP contribution in [0, 0.1) is 25.2 Å². The summed E-state index contributed by atoms with van der Waals surface area (Å²) in [5, 5.41) is 18.0. The van der Waals surface area contributed by atoms with Gasteiger partial charge in [0.25, 0.3) is 0 Å². The van der Waals surface area contributed by atoms with Gasteiger partial charge in [-0.05, 0) is 37.1 Å². The third-order valence-corrected chi connectivity index (χ3v) is 2.81. The molecule has 5 nitrogen and oxygen atoms in total. The molecule has 0 amide bonds. The average molecular weight is 268 g/mol. The van der Waals surface area contributed by atoms with Crippen molar-refractivity contribution in [3.63, 3.8) is 0 Å². The molecule has 0 aliphatic rings.